The van der Waals surface area contributed by atoms with Crippen molar-refractivity contribution < 1.29 is 0 Å². The molecule has 0 aliphatic heterocycles. The standard InChI is InChI=1S/C14H19N3/c1-11(15)5-3-4-6-12-7-8-14-13(9-12)16-10-17(14)2/h4,6-11H,3,5,15H2,1-2H3/b6-4+. The number of benzene rings is 1. The Morgan fingerprint density at radius 2 is 2.29 bits per heavy atom. The highest BCUT2D eigenvalue weighted by Gasteiger charge is 1.98. The summed E-state index contributed by atoms with van der Waals surface area (Å²) >= 11 is 0. The second-order valence-electron chi connectivity index (χ2n) is 4.56. The van der Waals surface area contributed by atoms with E-state index in [9.17, 15) is 0 Å². The van der Waals surface area contributed by atoms with Gasteiger partial charge in [-0.2, -0.15) is 0 Å². The largest absolute Gasteiger partial charge is 0.334 e. The molecule has 0 aliphatic rings. The second kappa shape index (κ2) is 5.15. The molecule has 2 N–H and O–H groups in total. The van der Waals surface area contributed by atoms with Crippen molar-refractivity contribution in [2.24, 2.45) is 12.8 Å². The summed E-state index contributed by atoms with van der Waals surface area (Å²) in [6.07, 6.45) is 8.21. The first-order valence-corrected chi connectivity index (χ1v) is 6.00. The van der Waals surface area contributed by atoms with Crippen molar-refractivity contribution in [3.8, 4) is 0 Å². The molecule has 0 radical (unpaired) electrons. The van der Waals surface area contributed by atoms with Gasteiger partial charge < -0.3 is 10.3 Å². The van der Waals surface area contributed by atoms with E-state index in [1.54, 1.807) is 0 Å². The molecule has 0 saturated heterocycles. The quantitative estimate of drug-likeness (QED) is 0.876. The predicted molar refractivity (Wildman–Crippen MR) is 72.6 cm³/mol. The molecule has 0 spiro atoms. The molecular formula is C14H19N3. The summed E-state index contributed by atoms with van der Waals surface area (Å²) in [7, 11) is 2.01. The minimum absolute atomic E-state index is 0.276. The second-order valence-corrected chi connectivity index (χ2v) is 4.56. The molecule has 17 heavy (non-hydrogen) atoms. The molecule has 0 bridgehead atoms. The van der Waals surface area contributed by atoms with Crippen LogP contribution in [0.3, 0.4) is 0 Å². The van der Waals surface area contributed by atoms with E-state index >= 15 is 0 Å². The topological polar surface area (TPSA) is 43.8 Å². The van der Waals surface area contributed by atoms with Gasteiger partial charge in [-0.05, 0) is 37.5 Å². The molecule has 0 aliphatic carbocycles. The summed E-state index contributed by atoms with van der Waals surface area (Å²) in [5.41, 5.74) is 9.11. The van der Waals surface area contributed by atoms with Crippen LogP contribution in [0.25, 0.3) is 17.1 Å². The van der Waals surface area contributed by atoms with Gasteiger partial charge in [0, 0.05) is 13.1 Å². The zero-order valence-electron chi connectivity index (χ0n) is 10.4. The lowest BCUT2D eigenvalue weighted by molar-refractivity contribution is 0.677. The smallest absolute Gasteiger partial charge is 0.0955 e. The number of allylic oxidation sites excluding steroid dienone is 1. The first kappa shape index (κ1) is 11.9. The number of aromatic nitrogens is 2. The van der Waals surface area contributed by atoms with Gasteiger partial charge >= 0.3 is 0 Å². The van der Waals surface area contributed by atoms with Crippen molar-refractivity contribution >= 4 is 17.1 Å². The van der Waals surface area contributed by atoms with Gasteiger partial charge in [-0.1, -0.05) is 18.2 Å². The molecule has 1 unspecified atom stereocenters. The minimum Gasteiger partial charge on any atom is -0.334 e. The zero-order valence-corrected chi connectivity index (χ0v) is 10.4. The van der Waals surface area contributed by atoms with Crippen molar-refractivity contribution in [3.63, 3.8) is 0 Å². The number of fused-ring (bicyclic) bond motifs is 1. The molecule has 1 atom stereocenters. The van der Waals surface area contributed by atoms with E-state index in [1.807, 2.05) is 24.9 Å². The Bertz CT molecular complexity index is 523. The van der Waals surface area contributed by atoms with E-state index in [2.05, 4.69) is 35.3 Å². The minimum atomic E-state index is 0.276. The van der Waals surface area contributed by atoms with Gasteiger partial charge in [-0.3, -0.25) is 0 Å². The molecule has 1 heterocycles. The molecule has 2 rings (SSSR count). The van der Waals surface area contributed by atoms with Crippen molar-refractivity contribution in [3.05, 3.63) is 36.2 Å². The van der Waals surface area contributed by atoms with E-state index in [-0.39, 0.29) is 6.04 Å². The highest BCUT2D eigenvalue weighted by molar-refractivity contribution is 5.78. The molecule has 0 amide bonds. The highest BCUT2D eigenvalue weighted by Crippen LogP contribution is 2.15. The highest BCUT2D eigenvalue weighted by atomic mass is 15.0. The number of rotatable bonds is 4. The number of hydrogen-bond acceptors (Lipinski definition) is 2. The summed E-state index contributed by atoms with van der Waals surface area (Å²) in [6.45, 7) is 2.04. The van der Waals surface area contributed by atoms with Crippen LogP contribution in [0.2, 0.25) is 0 Å². The lowest BCUT2D eigenvalue weighted by Crippen LogP contribution is -2.13. The maximum Gasteiger partial charge on any atom is 0.0955 e. The van der Waals surface area contributed by atoms with Crippen LogP contribution in [-0.4, -0.2) is 15.6 Å². The summed E-state index contributed by atoms with van der Waals surface area (Å²) in [5, 5.41) is 0. The zero-order chi connectivity index (χ0) is 12.3. The van der Waals surface area contributed by atoms with Crippen LogP contribution in [0.4, 0.5) is 0 Å². The normalized spacial score (nSPS) is 13.6. The van der Waals surface area contributed by atoms with Gasteiger partial charge in [0.2, 0.25) is 0 Å². The average molecular weight is 229 g/mol. The van der Waals surface area contributed by atoms with Gasteiger partial charge in [0.15, 0.2) is 0 Å². The monoisotopic (exact) mass is 229 g/mol. The van der Waals surface area contributed by atoms with Crippen LogP contribution in [0.5, 0.6) is 0 Å². The van der Waals surface area contributed by atoms with Crippen LogP contribution in [0, 0.1) is 0 Å². The lowest BCUT2D eigenvalue weighted by Gasteiger charge is -2.00. The maximum atomic E-state index is 5.70. The Labute approximate surface area is 102 Å². The third-order valence-electron chi connectivity index (χ3n) is 2.85. The van der Waals surface area contributed by atoms with E-state index in [1.165, 1.54) is 5.56 Å². The summed E-state index contributed by atoms with van der Waals surface area (Å²) in [4.78, 5) is 4.34. The summed E-state index contributed by atoms with van der Waals surface area (Å²) < 4.78 is 2.03. The Kier molecular flexibility index (Phi) is 3.59. The van der Waals surface area contributed by atoms with Gasteiger partial charge in [-0.25, -0.2) is 4.98 Å². The molecule has 1 aromatic carbocycles. The van der Waals surface area contributed by atoms with E-state index < -0.39 is 0 Å². The van der Waals surface area contributed by atoms with Crippen molar-refractivity contribution in [2.45, 2.75) is 25.8 Å². The molecule has 90 valence electrons. The number of hydrogen-bond donors (Lipinski definition) is 1. The van der Waals surface area contributed by atoms with Crippen molar-refractivity contribution in [2.75, 3.05) is 0 Å². The maximum absolute atomic E-state index is 5.70. The molecule has 3 nitrogen and oxygen atoms in total. The summed E-state index contributed by atoms with van der Waals surface area (Å²) in [5.74, 6) is 0. The number of imidazole rings is 1. The predicted octanol–water partition coefficient (Wildman–Crippen LogP) is 2.71. The molecular weight excluding hydrogens is 210 g/mol. The fourth-order valence-corrected chi connectivity index (χ4v) is 1.84. The Balaban J connectivity index is 2.09. The first-order chi connectivity index (χ1) is 8.16. The van der Waals surface area contributed by atoms with Crippen molar-refractivity contribution in [1.29, 1.82) is 0 Å². The fraction of sp³-hybridized carbons (Fsp3) is 0.357. The third kappa shape index (κ3) is 2.94. The van der Waals surface area contributed by atoms with Gasteiger partial charge in [-0.15, -0.1) is 0 Å². The molecule has 3 heteroatoms. The van der Waals surface area contributed by atoms with Crippen molar-refractivity contribution in [1.82, 2.24) is 9.55 Å². The third-order valence-corrected chi connectivity index (χ3v) is 2.85. The Morgan fingerprint density at radius 3 is 3.06 bits per heavy atom. The first-order valence-electron chi connectivity index (χ1n) is 6.00. The lowest BCUT2D eigenvalue weighted by atomic mass is 10.1. The number of aryl methyl sites for hydroxylation is 1. The van der Waals surface area contributed by atoms with Crippen LogP contribution in [0.15, 0.2) is 30.6 Å². The molecule has 0 fully saturated rings. The SMILES string of the molecule is CC(N)CC/C=C/c1ccc2c(c1)ncn2C. The van der Waals surface area contributed by atoms with Gasteiger partial charge in [0.1, 0.15) is 0 Å². The van der Waals surface area contributed by atoms with Crippen LogP contribution in [-0.2, 0) is 7.05 Å². The average Bonchev–Trinajstić information content (AvgIpc) is 2.66. The summed E-state index contributed by atoms with van der Waals surface area (Å²) in [6, 6.07) is 6.61. The van der Waals surface area contributed by atoms with E-state index in [0.717, 1.165) is 23.9 Å². The fourth-order valence-electron chi connectivity index (χ4n) is 1.84. The molecule has 1 aromatic heterocycles. The van der Waals surface area contributed by atoms with Crippen LogP contribution >= 0.6 is 0 Å². The van der Waals surface area contributed by atoms with E-state index in [4.69, 9.17) is 5.73 Å². The molecule has 0 saturated carbocycles. The Morgan fingerprint density at radius 1 is 1.47 bits per heavy atom. The van der Waals surface area contributed by atoms with Crippen LogP contribution < -0.4 is 5.73 Å². The van der Waals surface area contributed by atoms with E-state index in [0.29, 0.717) is 0 Å². The number of nitrogens with two attached hydrogens (primary N) is 1. The van der Waals surface area contributed by atoms with Crippen LogP contribution in [0.1, 0.15) is 25.3 Å². The Hall–Kier alpha value is -1.61. The molecule has 2 aromatic rings. The van der Waals surface area contributed by atoms with Gasteiger partial charge in [0.25, 0.3) is 0 Å². The number of nitrogens with zero attached hydrogens (tertiary/aromatic N) is 2. The van der Waals surface area contributed by atoms with Gasteiger partial charge in [0.05, 0.1) is 17.4 Å².